The van der Waals surface area contributed by atoms with E-state index in [1.165, 1.54) is 0 Å². The van der Waals surface area contributed by atoms with E-state index in [0.29, 0.717) is 22.7 Å². The standard InChI is InChI=1S/C28H20N4O5P2/c1-5-13-21(14-6-1)29-25-26(30-22-15-7-2-8-16-22)34-38(33-25)37-39-35-27(31-23-17-9-3-10-18-23)28(36-39)32-24-19-11-4-12-20-24/h1-20H. The van der Waals surface area contributed by atoms with Crippen LogP contribution in [0.1, 0.15) is 0 Å². The molecule has 0 aliphatic rings. The van der Waals surface area contributed by atoms with Gasteiger partial charge in [-0.1, -0.05) is 72.8 Å². The van der Waals surface area contributed by atoms with Crippen LogP contribution >= 0.6 is 16.5 Å². The summed E-state index contributed by atoms with van der Waals surface area (Å²) in [6.45, 7) is 0. The minimum Gasteiger partial charge on any atom is -0.373 e. The fourth-order valence-corrected chi connectivity index (χ4v) is 5.43. The molecule has 0 spiro atoms. The smallest absolute Gasteiger partial charge is 0.373 e. The maximum atomic E-state index is 5.96. The quantitative estimate of drug-likeness (QED) is 0.224. The van der Waals surface area contributed by atoms with Crippen molar-refractivity contribution in [2.45, 2.75) is 0 Å². The topological polar surface area (TPSA) is 111 Å². The molecule has 6 aromatic rings. The summed E-state index contributed by atoms with van der Waals surface area (Å²) >= 11 is 0. The molecule has 0 aliphatic carbocycles. The van der Waals surface area contributed by atoms with Crippen molar-refractivity contribution in [3.8, 4) is 0 Å². The number of benzene rings is 4. The Morgan fingerprint density at radius 3 is 0.821 bits per heavy atom. The first-order chi connectivity index (χ1) is 19.3. The van der Waals surface area contributed by atoms with E-state index in [-0.39, 0.29) is 22.2 Å². The largest absolute Gasteiger partial charge is 0.404 e. The van der Waals surface area contributed by atoms with E-state index >= 15 is 0 Å². The van der Waals surface area contributed by atoms with Crippen LogP contribution < -0.4 is 26.5 Å². The van der Waals surface area contributed by atoms with Crippen molar-refractivity contribution in [2.75, 3.05) is 0 Å². The van der Waals surface area contributed by atoms with Gasteiger partial charge in [-0.05, 0) is 48.5 Å². The molecular formula is C28H20N4O5P2. The van der Waals surface area contributed by atoms with Crippen LogP contribution in [0.25, 0.3) is 0 Å². The van der Waals surface area contributed by atoms with Crippen molar-refractivity contribution < 1.29 is 21.1 Å². The molecule has 0 aliphatic heterocycles. The molecule has 4 aromatic carbocycles. The van der Waals surface area contributed by atoms with Gasteiger partial charge in [0.25, 0.3) is 22.2 Å². The van der Waals surface area contributed by atoms with Gasteiger partial charge in [-0.2, -0.15) is 4.31 Å². The van der Waals surface area contributed by atoms with Gasteiger partial charge in [0.15, 0.2) is 0 Å². The van der Waals surface area contributed by atoms with Gasteiger partial charge in [-0.3, -0.25) is 0 Å². The summed E-state index contributed by atoms with van der Waals surface area (Å²) in [7, 11) is -3.95. The summed E-state index contributed by atoms with van der Waals surface area (Å²) in [6.07, 6.45) is 0. The lowest BCUT2D eigenvalue weighted by atomic mass is 10.3. The second-order valence-electron chi connectivity index (χ2n) is 7.90. The van der Waals surface area contributed by atoms with Crippen LogP contribution in [0.4, 0.5) is 22.7 Å². The van der Waals surface area contributed by atoms with Crippen molar-refractivity contribution in [1.29, 1.82) is 0 Å². The summed E-state index contributed by atoms with van der Waals surface area (Å²) in [4.78, 5) is 18.2. The van der Waals surface area contributed by atoms with E-state index in [1.807, 2.05) is 121 Å². The van der Waals surface area contributed by atoms with Gasteiger partial charge in [0, 0.05) is 0 Å². The van der Waals surface area contributed by atoms with Gasteiger partial charge in [-0.15, -0.1) is 0 Å². The molecule has 0 amide bonds. The zero-order chi connectivity index (χ0) is 26.3. The number of nitrogens with zero attached hydrogens (tertiary/aromatic N) is 4. The summed E-state index contributed by atoms with van der Waals surface area (Å²) in [6, 6.07) is 37.5. The Morgan fingerprint density at radius 2 is 0.590 bits per heavy atom. The Balaban J connectivity index is 1.44. The fourth-order valence-electron chi connectivity index (χ4n) is 3.35. The summed E-state index contributed by atoms with van der Waals surface area (Å²) < 4.78 is 29.7. The highest BCUT2D eigenvalue weighted by atomic mass is 31.2. The lowest BCUT2D eigenvalue weighted by molar-refractivity contribution is 0.493. The third kappa shape index (κ3) is 6.43. The highest BCUT2D eigenvalue weighted by Gasteiger charge is 2.15. The molecule has 39 heavy (non-hydrogen) atoms. The molecule has 2 heterocycles. The number of rotatable bonds is 6. The maximum absolute atomic E-state index is 5.96. The molecule has 0 saturated heterocycles. The molecule has 192 valence electrons. The van der Waals surface area contributed by atoms with Crippen molar-refractivity contribution in [2.24, 2.45) is 20.0 Å². The van der Waals surface area contributed by atoms with E-state index in [1.54, 1.807) is 0 Å². The first kappa shape index (κ1) is 24.6. The van der Waals surface area contributed by atoms with Crippen LogP contribution in [-0.4, -0.2) is 0 Å². The Kier molecular flexibility index (Phi) is 7.45. The van der Waals surface area contributed by atoms with Crippen LogP contribution in [0.3, 0.4) is 0 Å². The summed E-state index contributed by atoms with van der Waals surface area (Å²) in [5.74, 6) is 0. The Hall–Kier alpha value is -4.68. The van der Waals surface area contributed by atoms with Gasteiger partial charge in [0.1, 0.15) is 0 Å². The highest BCUT2D eigenvalue weighted by Crippen LogP contribution is 2.33. The van der Waals surface area contributed by atoms with E-state index in [2.05, 4.69) is 20.0 Å². The zero-order valence-corrected chi connectivity index (χ0v) is 22.1. The van der Waals surface area contributed by atoms with E-state index < -0.39 is 16.5 Å². The third-order valence-corrected chi connectivity index (χ3v) is 7.45. The summed E-state index contributed by atoms with van der Waals surface area (Å²) in [5.41, 5.74) is 3.52. The van der Waals surface area contributed by atoms with Gasteiger partial charge in [0.2, 0.25) is 0 Å². The molecular weight excluding hydrogens is 534 g/mol. The van der Waals surface area contributed by atoms with Crippen LogP contribution in [0.2, 0.25) is 0 Å². The SMILES string of the molecule is c1ccc(N=c2op(Op3oc(=Nc4ccccc4)c(=Nc4ccccc4)o3)oc2=Nc2ccccc2)cc1. The van der Waals surface area contributed by atoms with E-state index in [0.717, 1.165) is 0 Å². The second kappa shape index (κ2) is 11.8. The molecule has 0 unspecified atom stereocenters. The molecule has 0 fully saturated rings. The first-order valence-corrected chi connectivity index (χ1v) is 14.0. The third-order valence-electron chi connectivity index (χ3n) is 5.09. The minimum atomic E-state index is -1.98. The van der Waals surface area contributed by atoms with Crippen molar-refractivity contribution in [1.82, 2.24) is 0 Å². The van der Waals surface area contributed by atoms with Gasteiger partial charge in [0.05, 0.1) is 22.7 Å². The lowest BCUT2D eigenvalue weighted by Crippen LogP contribution is -2.19. The average Bonchev–Trinajstić information content (AvgIpc) is 3.53. The van der Waals surface area contributed by atoms with E-state index in [4.69, 9.17) is 21.1 Å². The Morgan fingerprint density at radius 1 is 0.359 bits per heavy atom. The Labute approximate surface area is 223 Å². The van der Waals surface area contributed by atoms with Gasteiger partial charge in [-0.25, -0.2) is 20.0 Å². The average molecular weight is 554 g/mol. The molecule has 0 bridgehead atoms. The van der Waals surface area contributed by atoms with Crippen LogP contribution in [0.5, 0.6) is 0 Å². The molecule has 6 rings (SSSR count). The molecule has 0 saturated carbocycles. The number of para-hydroxylation sites is 4. The number of hydrogen-bond acceptors (Lipinski definition) is 9. The van der Waals surface area contributed by atoms with Crippen molar-refractivity contribution in [3.63, 3.8) is 0 Å². The van der Waals surface area contributed by atoms with Gasteiger partial charge >= 0.3 is 16.5 Å². The molecule has 2 aromatic heterocycles. The molecule has 0 radical (unpaired) electrons. The second-order valence-corrected chi connectivity index (χ2v) is 10.2. The van der Waals surface area contributed by atoms with Crippen LogP contribution in [-0.2, 0) is 0 Å². The highest BCUT2D eigenvalue weighted by molar-refractivity contribution is 7.46. The van der Waals surface area contributed by atoms with Crippen LogP contribution in [0.15, 0.2) is 158 Å². The predicted molar refractivity (Wildman–Crippen MR) is 146 cm³/mol. The van der Waals surface area contributed by atoms with Crippen molar-refractivity contribution >= 4 is 39.2 Å². The zero-order valence-electron chi connectivity index (χ0n) is 20.3. The fraction of sp³-hybridized carbons (Fsp3) is 0. The predicted octanol–water partition coefficient (Wildman–Crippen LogP) is 6.85. The van der Waals surface area contributed by atoms with Crippen molar-refractivity contribution in [3.05, 3.63) is 144 Å². The normalized spacial score (nSPS) is 14.3. The van der Waals surface area contributed by atoms with Crippen LogP contribution in [0, 0.1) is 0 Å². The van der Waals surface area contributed by atoms with E-state index in [9.17, 15) is 0 Å². The monoisotopic (exact) mass is 554 g/mol. The molecule has 0 N–H and O–H groups in total. The lowest BCUT2D eigenvalue weighted by Gasteiger charge is -1.89. The maximum Gasteiger partial charge on any atom is 0.404 e. The Bertz CT molecular complexity index is 1650. The summed E-state index contributed by atoms with van der Waals surface area (Å²) in [5, 5.41) is 0. The minimum absolute atomic E-state index is 0.196. The molecule has 9 nitrogen and oxygen atoms in total. The first-order valence-electron chi connectivity index (χ1n) is 11.8. The number of hydrogen-bond donors (Lipinski definition) is 0. The van der Waals surface area contributed by atoms with Gasteiger partial charge < -0.3 is 16.8 Å². The molecule has 11 heteroatoms. The molecule has 0 atom stereocenters.